The third kappa shape index (κ3) is 2.73. The Labute approximate surface area is 112 Å². The number of aliphatic hydroxyl groups is 1. The first-order chi connectivity index (χ1) is 9.00. The number of aliphatic hydroxyl groups excluding tert-OH is 1. The molecule has 2 rings (SSSR count). The second-order valence-corrected chi connectivity index (χ2v) is 4.91. The van der Waals surface area contributed by atoms with Gasteiger partial charge >= 0.3 is 0 Å². The SMILES string of the molecule is CC(C)=CCC(C(C)O)n1cnc2c(N)ncnc21. The van der Waals surface area contributed by atoms with Crippen molar-refractivity contribution in [3.8, 4) is 0 Å². The molecule has 2 aromatic rings. The van der Waals surface area contributed by atoms with E-state index in [-0.39, 0.29) is 6.04 Å². The maximum absolute atomic E-state index is 9.97. The molecule has 102 valence electrons. The zero-order valence-corrected chi connectivity index (χ0v) is 11.4. The first-order valence-electron chi connectivity index (χ1n) is 6.25. The summed E-state index contributed by atoms with van der Waals surface area (Å²) in [6.45, 7) is 5.83. The van der Waals surface area contributed by atoms with Crippen molar-refractivity contribution in [2.45, 2.75) is 39.3 Å². The summed E-state index contributed by atoms with van der Waals surface area (Å²) in [5.74, 6) is 0.357. The molecule has 0 saturated heterocycles. The minimum atomic E-state index is -0.510. The average molecular weight is 261 g/mol. The molecule has 0 spiro atoms. The number of hydrogen-bond donors (Lipinski definition) is 2. The number of anilines is 1. The van der Waals surface area contributed by atoms with E-state index in [2.05, 4.69) is 21.0 Å². The van der Waals surface area contributed by atoms with Gasteiger partial charge in [-0.25, -0.2) is 15.0 Å². The van der Waals surface area contributed by atoms with Gasteiger partial charge in [-0.2, -0.15) is 0 Å². The standard InChI is InChI=1S/C13H19N5O/c1-8(2)4-5-10(9(3)19)18-7-17-11-12(14)15-6-16-13(11)18/h4,6-7,9-10,19H,5H2,1-3H3,(H2,14,15,16). The highest BCUT2D eigenvalue weighted by molar-refractivity contribution is 5.81. The molecule has 0 bridgehead atoms. The zero-order chi connectivity index (χ0) is 14.0. The van der Waals surface area contributed by atoms with E-state index < -0.39 is 6.10 Å². The second-order valence-electron chi connectivity index (χ2n) is 4.91. The molecule has 19 heavy (non-hydrogen) atoms. The highest BCUT2D eigenvalue weighted by atomic mass is 16.3. The number of hydrogen-bond acceptors (Lipinski definition) is 5. The highest BCUT2D eigenvalue weighted by Gasteiger charge is 2.19. The summed E-state index contributed by atoms with van der Waals surface area (Å²) < 4.78 is 1.86. The van der Waals surface area contributed by atoms with Crippen molar-refractivity contribution >= 4 is 17.0 Å². The Balaban J connectivity index is 2.45. The van der Waals surface area contributed by atoms with Crippen molar-refractivity contribution < 1.29 is 5.11 Å². The fourth-order valence-corrected chi connectivity index (χ4v) is 2.01. The summed E-state index contributed by atoms with van der Waals surface area (Å²) in [5.41, 5.74) is 8.21. The molecule has 0 aliphatic carbocycles. The van der Waals surface area contributed by atoms with E-state index >= 15 is 0 Å². The van der Waals surface area contributed by atoms with Gasteiger partial charge in [0.25, 0.3) is 0 Å². The van der Waals surface area contributed by atoms with Crippen LogP contribution in [0.15, 0.2) is 24.3 Å². The minimum Gasteiger partial charge on any atom is -0.391 e. The van der Waals surface area contributed by atoms with Crippen LogP contribution in [-0.2, 0) is 0 Å². The maximum atomic E-state index is 9.97. The Bertz CT molecular complexity index is 598. The van der Waals surface area contributed by atoms with Gasteiger partial charge in [-0.3, -0.25) is 0 Å². The maximum Gasteiger partial charge on any atom is 0.165 e. The number of rotatable bonds is 4. The summed E-state index contributed by atoms with van der Waals surface area (Å²) in [6.07, 6.45) is 5.37. The van der Waals surface area contributed by atoms with Crippen molar-refractivity contribution in [1.82, 2.24) is 19.5 Å². The molecular weight excluding hydrogens is 242 g/mol. The van der Waals surface area contributed by atoms with Gasteiger partial charge in [-0.05, 0) is 27.2 Å². The molecule has 3 N–H and O–H groups in total. The summed E-state index contributed by atoms with van der Waals surface area (Å²) >= 11 is 0. The van der Waals surface area contributed by atoms with E-state index in [4.69, 9.17) is 5.73 Å². The summed E-state index contributed by atoms with van der Waals surface area (Å²) in [4.78, 5) is 12.4. The monoisotopic (exact) mass is 261 g/mol. The zero-order valence-electron chi connectivity index (χ0n) is 11.4. The molecule has 0 amide bonds. The molecule has 6 nitrogen and oxygen atoms in total. The lowest BCUT2D eigenvalue weighted by molar-refractivity contribution is 0.132. The number of nitrogen functional groups attached to an aromatic ring is 1. The molecule has 2 aromatic heterocycles. The van der Waals surface area contributed by atoms with Crippen molar-refractivity contribution in [2.24, 2.45) is 0 Å². The second kappa shape index (κ2) is 5.36. The van der Waals surface area contributed by atoms with Gasteiger partial charge in [-0.1, -0.05) is 11.6 Å². The largest absolute Gasteiger partial charge is 0.391 e. The number of imidazole rings is 1. The minimum absolute atomic E-state index is 0.116. The van der Waals surface area contributed by atoms with Crippen LogP contribution in [0.25, 0.3) is 11.2 Å². The van der Waals surface area contributed by atoms with Gasteiger partial charge < -0.3 is 15.4 Å². The van der Waals surface area contributed by atoms with Crippen LogP contribution in [-0.4, -0.2) is 30.7 Å². The van der Waals surface area contributed by atoms with Crippen LogP contribution >= 0.6 is 0 Å². The van der Waals surface area contributed by atoms with Crippen LogP contribution in [0.3, 0.4) is 0 Å². The van der Waals surface area contributed by atoms with Crippen LogP contribution in [0.5, 0.6) is 0 Å². The van der Waals surface area contributed by atoms with Crippen molar-refractivity contribution in [3.63, 3.8) is 0 Å². The lowest BCUT2D eigenvalue weighted by Crippen LogP contribution is -2.20. The molecule has 0 fully saturated rings. The Morgan fingerprint density at radius 3 is 2.79 bits per heavy atom. The van der Waals surface area contributed by atoms with Crippen molar-refractivity contribution in [2.75, 3.05) is 5.73 Å². The van der Waals surface area contributed by atoms with Gasteiger partial charge in [-0.15, -0.1) is 0 Å². The summed E-state index contributed by atoms with van der Waals surface area (Å²) in [6, 6.07) is -0.116. The van der Waals surface area contributed by atoms with Crippen LogP contribution in [0.1, 0.15) is 33.2 Å². The fraction of sp³-hybridized carbons (Fsp3) is 0.462. The summed E-state index contributed by atoms with van der Waals surface area (Å²) in [7, 11) is 0. The Kier molecular flexibility index (Phi) is 3.80. The highest BCUT2D eigenvalue weighted by Crippen LogP contribution is 2.24. The van der Waals surface area contributed by atoms with Gasteiger partial charge in [0, 0.05) is 0 Å². The van der Waals surface area contributed by atoms with E-state index in [0.717, 1.165) is 6.42 Å². The molecule has 2 atom stereocenters. The predicted octanol–water partition coefficient (Wildman–Crippen LogP) is 1.69. The fourth-order valence-electron chi connectivity index (χ4n) is 2.01. The predicted molar refractivity (Wildman–Crippen MR) is 74.5 cm³/mol. The third-order valence-electron chi connectivity index (χ3n) is 3.07. The van der Waals surface area contributed by atoms with Crippen LogP contribution in [0.2, 0.25) is 0 Å². The number of nitrogens with zero attached hydrogens (tertiary/aromatic N) is 4. The Hall–Kier alpha value is -1.95. The van der Waals surface area contributed by atoms with Gasteiger partial charge in [0.1, 0.15) is 11.8 Å². The van der Waals surface area contributed by atoms with E-state index in [0.29, 0.717) is 17.0 Å². The van der Waals surface area contributed by atoms with Gasteiger partial charge in [0.05, 0.1) is 18.5 Å². The first-order valence-corrected chi connectivity index (χ1v) is 6.25. The average Bonchev–Trinajstić information content (AvgIpc) is 2.74. The smallest absolute Gasteiger partial charge is 0.165 e. The van der Waals surface area contributed by atoms with E-state index in [1.165, 1.54) is 11.9 Å². The number of allylic oxidation sites excluding steroid dienone is 2. The molecule has 2 heterocycles. The Morgan fingerprint density at radius 1 is 1.42 bits per heavy atom. The molecule has 0 aliphatic rings. The lowest BCUT2D eigenvalue weighted by Gasteiger charge is -2.20. The molecule has 2 unspecified atom stereocenters. The van der Waals surface area contributed by atoms with E-state index in [9.17, 15) is 5.11 Å². The number of nitrogens with two attached hydrogens (primary N) is 1. The number of fused-ring (bicyclic) bond motifs is 1. The van der Waals surface area contributed by atoms with Crippen LogP contribution in [0, 0.1) is 0 Å². The Morgan fingerprint density at radius 2 is 2.16 bits per heavy atom. The quantitative estimate of drug-likeness (QED) is 0.817. The molecule has 6 heteroatoms. The molecule has 0 aromatic carbocycles. The molecule has 0 saturated carbocycles. The molecular formula is C13H19N5O. The van der Waals surface area contributed by atoms with Gasteiger partial charge in [0.2, 0.25) is 0 Å². The normalized spacial score (nSPS) is 14.3. The molecule has 0 radical (unpaired) electrons. The van der Waals surface area contributed by atoms with Gasteiger partial charge in [0.15, 0.2) is 11.5 Å². The van der Waals surface area contributed by atoms with Crippen LogP contribution < -0.4 is 5.73 Å². The number of aromatic nitrogens is 4. The van der Waals surface area contributed by atoms with E-state index in [1.807, 2.05) is 18.4 Å². The summed E-state index contributed by atoms with van der Waals surface area (Å²) in [5, 5.41) is 9.97. The molecule has 0 aliphatic heterocycles. The van der Waals surface area contributed by atoms with Crippen LogP contribution in [0.4, 0.5) is 5.82 Å². The van der Waals surface area contributed by atoms with Crippen molar-refractivity contribution in [1.29, 1.82) is 0 Å². The topological polar surface area (TPSA) is 89.8 Å². The van der Waals surface area contributed by atoms with Crippen molar-refractivity contribution in [3.05, 3.63) is 24.3 Å². The van der Waals surface area contributed by atoms with E-state index in [1.54, 1.807) is 13.3 Å². The lowest BCUT2D eigenvalue weighted by atomic mass is 10.1. The third-order valence-corrected chi connectivity index (χ3v) is 3.07. The first kappa shape index (κ1) is 13.5.